The van der Waals surface area contributed by atoms with E-state index < -0.39 is 0 Å². The molecule has 0 aromatic heterocycles. The molecular formula is C16H26N2O. The topological polar surface area (TPSA) is 35.5 Å². The third-order valence-electron chi connectivity index (χ3n) is 3.86. The highest BCUT2D eigenvalue weighted by molar-refractivity contribution is 5.48. The van der Waals surface area contributed by atoms with E-state index in [1.165, 1.54) is 11.3 Å². The van der Waals surface area contributed by atoms with Crippen molar-refractivity contribution >= 4 is 5.69 Å². The molecule has 0 amide bonds. The van der Waals surface area contributed by atoms with Crippen molar-refractivity contribution in [2.24, 2.45) is 5.41 Å². The Kier molecular flexibility index (Phi) is 4.48. The maximum Gasteiger partial charge on any atom is 0.0601 e. The van der Waals surface area contributed by atoms with E-state index in [1.54, 1.807) is 0 Å². The van der Waals surface area contributed by atoms with E-state index in [1.807, 2.05) is 0 Å². The van der Waals surface area contributed by atoms with Crippen LogP contribution in [-0.4, -0.2) is 37.4 Å². The van der Waals surface area contributed by atoms with Crippen molar-refractivity contribution in [2.75, 3.05) is 31.1 Å². The van der Waals surface area contributed by atoms with Crippen LogP contribution in [0.1, 0.15) is 26.3 Å². The van der Waals surface area contributed by atoms with Crippen LogP contribution in [0.3, 0.4) is 0 Å². The molecule has 2 rings (SSSR count). The fraction of sp³-hybridized carbons (Fsp3) is 0.625. The van der Waals surface area contributed by atoms with Gasteiger partial charge in [0.05, 0.1) is 6.61 Å². The van der Waals surface area contributed by atoms with E-state index in [2.05, 4.69) is 55.3 Å². The molecule has 1 heterocycles. The Morgan fingerprint density at radius 1 is 1.32 bits per heavy atom. The lowest BCUT2D eigenvalue weighted by Crippen LogP contribution is -2.40. The van der Waals surface area contributed by atoms with Crippen LogP contribution in [0.2, 0.25) is 0 Å². The Morgan fingerprint density at radius 3 is 2.58 bits per heavy atom. The lowest BCUT2D eigenvalue weighted by atomic mass is 9.93. The third-order valence-corrected chi connectivity index (χ3v) is 3.86. The smallest absolute Gasteiger partial charge is 0.0601 e. The summed E-state index contributed by atoms with van der Waals surface area (Å²) in [4.78, 5) is 2.39. The largest absolute Gasteiger partial charge is 0.395 e. The van der Waals surface area contributed by atoms with Crippen LogP contribution < -0.4 is 10.2 Å². The second-order valence-corrected chi connectivity index (χ2v) is 6.33. The van der Waals surface area contributed by atoms with E-state index in [9.17, 15) is 5.11 Å². The maximum atomic E-state index is 9.44. The van der Waals surface area contributed by atoms with Crippen LogP contribution in [0.4, 0.5) is 5.69 Å². The van der Waals surface area contributed by atoms with Gasteiger partial charge < -0.3 is 15.3 Å². The number of hydrogen-bond donors (Lipinski definition) is 2. The Hall–Kier alpha value is -1.06. The number of aryl methyl sites for hydroxylation is 1. The maximum absolute atomic E-state index is 9.44. The molecule has 19 heavy (non-hydrogen) atoms. The normalized spacial score (nSPS) is 23.2. The molecule has 0 radical (unpaired) electrons. The van der Waals surface area contributed by atoms with Gasteiger partial charge in [0.2, 0.25) is 0 Å². The molecule has 0 spiro atoms. The minimum absolute atomic E-state index is 0.160. The van der Waals surface area contributed by atoms with Crippen molar-refractivity contribution in [3.05, 3.63) is 29.8 Å². The molecule has 1 aliphatic rings. The van der Waals surface area contributed by atoms with Gasteiger partial charge in [-0.2, -0.15) is 0 Å². The second-order valence-electron chi connectivity index (χ2n) is 6.33. The van der Waals surface area contributed by atoms with Gasteiger partial charge in [-0.15, -0.1) is 0 Å². The SMILES string of the molecule is CCc1ccc(N2CC(CO)NCC(C)(C)C2)cc1. The van der Waals surface area contributed by atoms with Gasteiger partial charge in [-0.3, -0.25) is 0 Å². The first kappa shape index (κ1) is 14.4. The van der Waals surface area contributed by atoms with Crippen molar-refractivity contribution in [3.63, 3.8) is 0 Å². The summed E-state index contributed by atoms with van der Waals surface area (Å²) in [5.74, 6) is 0. The van der Waals surface area contributed by atoms with Gasteiger partial charge >= 0.3 is 0 Å². The van der Waals surface area contributed by atoms with Crippen LogP contribution in [0.5, 0.6) is 0 Å². The number of nitrogens with one attached hydrogen (secondary N) is 1. The van der Waals surface area contributed by atoms with Crippen molar-refractivity contribution < 1.29 is 5.11 Å². The van der Waals surface area contributed by atoms with Crippen LogP contribution in [-0.2, 0) is 6.42 Å². The average Bonchev–Trinajstić information content (AvgIpc) is 2.57. The van der Waals surface area contributed by atoms with Crippen molar-refractivity contribution in [2.45, 2.75) is 33.2 Å². The van der Waals surface area contributed by atoms with Crippen LogP contribution in [0, 0.1) is 5.41 Å². The molecule has 1 aromatic carbocycles. The average molecular weight is 262 g/mol. The molecule has 0 saturated carbocycles. The Labute approximate surface area is 116 Å². The molecule has 0 bridgehead atoms. The lowest BCUT2D eigenvalue weighted by Gasteiger charge is -2.31. The second kappa shape index (κ2) is 5.93. The number of nitrogens with zero attached hydrogens (tertiary/aromatic N) is 1. The summed E-state index contributed by atoms with van der Waals surface area (Å²) in [6, 6.07) is 8.97. The van der Waals surface area contributed by atoms with Gasteiger partial charge in [-0.05, 0) is 29.5 Å². The Bertz CT molecular complexity index is 400. The molecular weight excluding hydrogens is 236 g/mol. The molecule has 106 valence electrons. The van der Waals surface area contributed by atoms with Gasteiger partial charge in [-0.1, -0.05) is 32.9 Å². The molecule has 3 nitrogen and oxygen atoms in total. The van der Waals surface area contributed by atoms with Gasteiger partial charge in [0, 0.05) is 31.4 Å². The summed E-state index contributed by atoms with van der Waals surface area (Å²) in [7, 11) is 0. The highest BCUT2D eigenvalue weighted by Crippen LogP contribution is 2.25. The van der Waals surface area contributed by atoms with Gasteiger partial charge in [0.1, 0.15) is 0 Å². The van der Waals surface area contributed by atoms with Gasteiger partial charge in [0.15, 0.2) is 0 Å². The van der Waals surface area contributed by atoms with E-state index >= 15 is 0 Å². The number of benzene rings is 1. The first-order valence-electron chi connectivity index (χ1n) is 7.22. The molecule has 2 N–H and O–H groups in total. The monoisotopic (exact) mass is 262 g/mol. The summed E-state index contributed by atoms with van der Waals surface area (Å²) in [5, 5.41) is 12.9. The predicted octanol–water partition coefficient (Wildman–Crippen LogP) is 2.05. The quantitative estimate of drug-likeness (QED) is 0.875. The summed E-state index contributed by atoms with van der Waals surface area (Å²) >= 11 is 0. The molecule has 1 unspecified atom stereocenters. The van der Waals surface area contributed by atoms with Crippen LogP contribution in [0.25, 0.3) is 0 Å². The minimum atomic E-state index is 0.160. The molecule has 1 atom stereocenters. The van der Waals surface area contributed by atoms with E-state index in [4.69, 9.17) is 0 Å². The van der Waals surface area contributed by atoms with Gasteiger partial charge in [-0.25, -0.2) is 0 Å². The summed E-state index contributed by atoms with van der Waals surface area (Å²) in [5.41, 5.74) is 2.84. The highest BCUT2D eigenvalue weighted by atomic mass is 16.3. The van der Waals surface area contributed by atoms with E-state index in [0.717, 1.165) is 26.1 Å². The Morgan fingerprint density at radius 2 is 2.00 bits per heavy atom. The molecule has 1 aliphatic heterocycles. The zero-order chi connectivity index (χ0) is 13.9. The summed E-state index contributed by atoms with van der Waals surface area (Å²) in [6.45, 7) is 9.74. The number of anilines is 1. The third kappa shape index (κ3) is 3.71. The summed E-state index contributed by atoms with van der Waals surface area (Å²) < 4.78 is 0. The number of aliphatic hydroxyl groups is 1. The molecule has 0 aliphatic carbocycles. The van der Waals surface area contributed by atoms with Crippen molar-refractivity contribution in [1.82, 2.24) is 5.32 Å². The van der Waals surface area contributed by atoms with Gasteiger partial charge in [0.25, 0.3) is 0 Å². The number of hydrogen-bond acceptors (Lipinski definition) is 3. The zero-order valence-corrected chi connectivity index (χ0v) is 12.3. The van der Waals surface area contributed by atoms with E-state index in [0.29, 0.717) is 0 Å². The molecule has 3 heteroatoms. The molecule has 1 saturated heterocycles. The number of aliphatic hydroxyl groups excluding tert-OH is 1. The molecule has 1 fully saturated rings. The van der Waals surface area contributed by atoms with Crippen LogP contribution in [0.15, 0.2) is 24.3 Å². The predicted molar refractivity (Wildman–Crippen MR) is 80.7 cm³/mol. The minimum Gasteiger partial charge on any atom is -0.395 e. The first-order valence-corrected chi connectivity index (χ1v) is 7.22. The molecule has 1 aromatic rings. The van der Waals surface area contributed by atoms with Crippen LogP contribution >= 0.6 is 0 Å². The standard InChI is InChI=1S/C16H26N2O/c1-4-13-5-7-15(8-6-13)18-9-14(10-19)17-11-16(2,3)12-18/h5-8,14,17,19H,4,9-12H2,1-3H3. The fourth-order valence-corrected chi connectivity index (χ4v) is 2.65. The fourth-order valence-electron chi connectivity index (χ4n) is 2.65. The first-order chi connectivity index (χ1) is 9.04. The highest BCUT2D eigenvalue weighted by Gasteiger charge is 2.28. The van der Waals surface area contributed by atoms with Crippen molar-refractivity contribution in [1.29, 1.82) is 0 Å². The van der Waals surface area contributed by atoms with Crippen molar-refractivity contribution in [3.8, 4) is 0 Å². The lowest BCUT2D eigenvalue weighted by molar-refractivity contribution is 0.242. The zero-order valence-electron chi connectivity index (χ0n) is 12.3. The number of rotatable bonds is 3. The Balaban J connectivity index is 2.18. The summed E-state index contributed by atoms with van der Waals surface area (Å²) in [6.07, 6.45) is 1.08. The van der Waals surface area contributed by atoms with E-state index in [-0.39, 0.29) is 18.1 Å².